The fourth-order valence-electron chi connectivity index (χ4n) is 2.28. The van der Waals surface area contributed by atoms with Gasteiger partial charge in [-0.25, -0.2) is 0 Å². The van der Waals surface area contributed by atoms with Gasteiger partial charge >= 0.3 is 0 Å². The van der Waals surface area contributed by atoms with E-state index in [1.807, 2.05) is 36.4 Å². The van der Waals surface area contributed by atoms with Gasteiger partial charge in [0, 0.05) is 0 Å². The smallest absolute Gasteiger partial charge is 0.258 e. The second kappa shape index (κ2) is 8.00. The Morgan fingerprint density at radius 1 is 1.13 bits per heavy atom. The molecular formula is C19H20N2O2. The summed E-state index contributed by atoms with van der Waals surface area (Å²) in [6, 6.07) is 18.6. The van der Waals surface area contributed by atoms with E-state index in [-0.39, 0.29) is 24.5 Å². The maximum Gasteiger partial charge on any atom is 0.258 e. The number of rotatable bonds is 6. The van der Waals surface area contributed by atoms with Crippen LogP contribution in [0, 0.1) is 17.2 Å². The molecule has 4 heteroatoms. The molecule has 0 aliphatic rings. The summed E-state index contributed by atoms with van der Waals surface area (Å²) in [5, 5.41) is 11.8. The molecule has 0 spiro atoms. The zero-order valence-corrected chi connectivity index (χ0v) is 13.3. The topological polar surface area (TPSA) is 62.1 Å². The molecule has 0 unspecified atom stereocenters. The van der Waals surface area contributed by atoms with E-state index in [1.165, 1.54) is 0 Å². The summed E-state index contributed by atoms with van der Waals surface area (Å²) in [5.41, 5.74) is 1.64. The normalized spacial score (nSPS) is 11.6. The number of amides is 1. The molecule has 1 atom stereocenters. The summed E-state index contributed by atoms with van der Waals surface area (Å²) >= 11 is 0. The Morgan fingerprint density at radius 3 is 2.35 bits per heavy atom. The van der Waals surface area contributed by atoms with Gasteiger partial charge in [-0.05, 0) is 35.7 Å². The van der Waals surface area contributed by atoms with Gasteiger partial charge in [0.05, 0.1) is 17.7 Å². The van der Waals surface area contributed by atoms with E-state index in [0.29, 0.717) is 11.3 Å². The van der Waals surface area contributed by atoms with Crippen LogP contribution in [0.4, 0.5) is 0 Å². The van der Waals surface area contributed by atoms with Crippen molar-refractivity contribution < 1.29 is 9.53 Å². The Morgan fingerprint density at radius 2 is 1.78 bits per heavy atom. The Kier molecular flexibility index (Phi) is 5.76. The lowest BCUT2D eigenvalue weighted by Crippen LogP contribution is -2.35. The van der Waals surface area contributed by atoms with Crippen molar-refractivity contribution in [2.45, 2.75) is 19.9 Å². The van der Waals surface area contributed by atoms with Gasteiger partial charge in [0.15, 0.2) is 6.61 Å². The van der Waals surface area contributed by atoms with E-state index >= 15 is 0 Å². The molecule has 0 fully saturated rings. The summed E-state index contributed by atoms with van der Waals surface area (Å²) in [4.78, 5) is 12.1. The number of ether oxygens (including phenoxy) is 1. The SMILES string of the molecule is CC(C)[C@@H](NC(=O)COc1ccc(C#N)cc1)c1ccccc1. The minimum atomic E-state index is -0.170. The predicted molar refractivity (Wildman–Crippen MR) is 88.8 cm³/mol. The molecule has 4 nitrogen and oxygen atoms in total. The second-order valence-electron chi connectivity index (χ2n) is 5.62. The standard InChI is InChI=1S/C19H20N2O2/c1-14(2)19(16-6-4-3-5-7-16)21-18(22)13-23-17-10-8-15(12-20)9-11-17/h3-11,14,19H,13H2,1-2H3,(H,21,22)/t19-/m1/s1. The zero-order chi connectivity index (χ0) is 16.7. The van der Waals surface area contributed by atoms with Crippen molar-refractivity contribution in [2.24, 2.45) is 5.92 Å². The number of carbonyl (C=O) groups excluding carboxylic acids is 1. The molecule has 0 heterocycles. The van der Waals surface area contributed by atoms with Crippen molar-refractivity contribution in [2.75, 3.05) is 6.61 Å². The van der Waals surface area contributed by atoms with Crippen molar-refractivity contribution in [1.29, 1.82) is 5.26 Å². The Balaban J connectivity index is 1.93. The van der Waals surface area contributed by atoms with Gasteiger partial charge in [-0.2, -0.15) is 5.26 Å². The molecule has 0 aliphatic carbocycles. The third kappa shape index (κ3) is 4.86. The van der Waals surface area contributed by atoms with Crippen LogP contribution < -0.4 is 10.1 Å². The highest BCUT2D eigenvalue weighted by Crippen LogP contribution is 2.21. The van der Waals surface area contributed by atoms with Gasteiger partial charge in [-0.1, -0.05) is 44.2 Å². The molecule has 118 valence electrons. The molecule has 0 radical (unpaired) electrons. The first-order chi connectivity index (χ1) is 11.1. The molecule has 23 heavy (non-hydrogen) atoms. The lowest BCUT2D eigenvalue weighted by Gasteiger charge is -2.23. The second-order valence-corrected chi connectivity index (χ2v) is 5.62. The molecule has 2 rings (SSSR count). The van der Waals surface area contributed by atoms with Crippen LogP contribution >= 0.6 is 0 Å². The van der Waals surface area contributed by atoms with E-state index in [0.717, 1.165) is 5.56 Å². The molecule has 0 saturated heterocycles. The molecule has 0 bridgehead atoms. The van der Waals surface area contributed by atoms with Crippen molar-refractivity contribution >= 4 is 5.91 Å². The van der Waals surface area contributed by atoms with E-state index in [9.17, 15) is 4.79 Å². The van der Waals surface area contributed by atoms with Crippen LogP contribution in [-0.2, 0) is 4.79 Å². The van der Waals surface area contributed by atoms with Gasteiger partial charge < -0.3 is 10.1 Å². The Labute approximate surface area is 136 Å². The van der Waals surface area contributed by atoms with Crippen LogP contribution in [-0.4, -0.2) is 12.5 Å². The lowest BCUT2D eigenvalue weighted by molar-refractivity contribution is -0.124. The summed E-state index contributed by atoms with van der Waals surface area (Å²) in [6.45, 7) is 4.08. The number of carbonyl (C=O) groups is 1. The monoisotopic (exact) mass is 308 g/mol. The first-order valence-corrected chi connectivity index (χ1v) is 7.57. The third-order valence-corrected chi connectivity index (χ3v) is 3.50. The van der Waals surface area contributed by atoms with Gasteiger partial charge in [0.1, 0.15) is 5.75 Å². The summed E-state index contributed by atoms with van der Waals surface area (Å²) in [5.74, 6) is 0.674. The van der Waals surface area contributed by atoms with Gasteiger partial charge in [0.2, 0.25) is 0 Å². The zero-order valence-electron chi connectivity index (χ0n) is 13.3. The lowest BCUT2D eigenvalue weighted by atomic mass is 9.96. The molecular weight excluding hydrogens is 288 g/mol. The maximum absolute atomic E-state index is 12.1. The fourth-order valence-corrected chi connectivity index (χ4v) is 2.28. The number of hydrogen-bond acceptors (Lipinski definition) is 3. The van der Waals surface area contributed by atoms with Crippen molar-refractivity contribution in [3.8, 4) is 11.8 Å². The highest BCUT2D eigenvalue weighted by molar-refractivity contribution is 5.78. The molecule has 0 aromatic heterocycles. The summed E-state index contributed by atoms with van der Waals surface area (Å²) in [7, 11) is 0. The summed E-state index contributed by atoms with van der Waals surface area (Å²) < 4.78 is 5.46. The van der Waals surface area contributed by atoms with E-state index < -0.39 is 0 Å². The van der Waals surface area contributed by atoms with Crippen LogP contribution in [0.3, 0.4) is 0 Å². The van der Waals surface area contributed by atoms with E-state index in [4.69, 9.17) is 10.00 Å². The fraction of sp³-hybridized carbons (Fsp3) is 0.263. The number of nitriles is 1. The molecule has 0 saturated carbocycles. The molecule has 1 amide bonds. The number of nitrogens with zero attached hydrogens (tertiary/aromatic N) is 1. The van der Waals surface area contributed by atoms with Crippen molar-refractivity contribution in [1.82, 2.24) is 5.32 Å². The molecule has 2 aromatic carbocycles. The first kappa shape index (κ1) is 16.6. The van der Waals surface area contributed by atoms with Gasteiger partial charge in [0.25, 0.3) is 5.91 Å². The average molecular weight is 308 g/mol. The van der Waals surface area contributed by atoms with Crippen molar-refractivity contribution in [3.63, 3.8) is 0 Å². The van der Waals surface area contributed by atoms with Crippen LogP contribution in [0.2, 0.25) is 0 Å². The van der Waals surface area contributed by atoms with Crippen LogP contribution in [0.5, 0.6) is 5.75 Å². The van der Waals surface area contributed by atoms with Gasteiger partial charge in [-0.15, -0.1) is 0 Å². The summed E-state index contributed by atoms with van der Waals surface area (Å²) in [6.07, 6.45) is 0. The number of hydrogen-bond donors (Lipinski definition) is 1. The maximum atomic E-state index is 12.1. The van der Waals surface area contributed by atoms with E-state index in [2.05, 4.69) is 19.2 Å². The quantitative estimate of drug-likeness (QED) is 0.889. The highest BCUT2D eigenvalue weighted by Gasteiger charge is 2.18. The first-order valence-electron chi connectivity index (χ1n) is 7.57. The predicted octanol–water partition coefficient (Wildman–Crippen LogP) is 3.45. The van der Waals surface area contributed by atoms with Crippen LogP contribution in [0.1, 0.15) is 31.0 Å². The molecule has 0 aliphatic heterocycles. The van der Waals surface area contributed by atoms with Gasteiger partial charge in [-0.3, -0.25) is 4.79 Å². The minimum absolute atomic E-state index is 0.0479. The Bertz CT molecular complexity index is 673. The Hall–Kier alpha value is -2.80. The molecule has 2 aromatic rings. The van der Waals surface area contributed by atoms with Crippen LogP contribution in [0.15, 0.2) is 54.6 Å². The number of benzene rings is 2. The highest BCUT2D eigenvalue weighted by atomic mass is 16.5. The third-order valence-electron chi connectivity index (χ3n) is 3.50. The van der Waals surface area contributed by atoms with E-state index in [1.54, 1.807) is 24.3 Å². The van der Waals surface area contributed by atoms with Crippen molar-refractivity contribution in [3.05, 3.63) is 65.7 Å². The number of nitrogens with one attached hydrogen (secondary N) is 1. The average Bonchev–Trinajstić information content (AvgIpc) is 2.58. The largest absolute Gasteiger partial charge is 0.484 e. The molecule has 1 N–H and O–H groups in total. The minimum Gasteiger partial charge on any atom is -0.484 e. The van der Waals surface area contributed by atoms with Crippen LogP contribution in [0.25, 0.3) is 0 Å².